The maximum atomic E-state index is 14.1. The molecule has 0 saturated heterocycles. The molecule has 2 aromatic rings. The fraction of sp³-hybridized carbons (Fsp3) is 0.278. The van der Waals surface area contributed by atoms with Crippen LogP contribution in [0.5, 0.6) is 0 Å². The van der Waals surface area contributed by atoms with E-state index in [-0.39, 0.29) is 17.7 Å². The Morgan fingerprint density at radius 1 is 1.10 bits per heavy atom. The molecule has 1 N–H and O–H groups in total. The van der Waals surface area contributed by atoms with Crippen LogP contribution in [0.2, 0.25) is 0 Å². The number of aliphatic carboxylic acids is 1. The molecule has 21 heavy (non-hydrogen) atoms. The lowest BCUT2D eigenvalue weighted by Gasteiger charge is -2.10. The van der Waals surface area contributed by atoms with Gasteiger partial charge in [-0.1, -0.05) is 55.5 Å². The van der Waals surface area contributed by atoms with E-state index >= 15 is 0 Å². The first-order valence-electron chi connectivity index (χ1n) is 7.15. The zero-order valence-electron chi connectivity index (χ0n) is 11.8. The third-order valence-electron chi connectivity index (χ3n) is 4.72. The van der Waals surface area contributed by atoms with E-state index in [4.69, 9.17) is 0 Å². The predicted molar refractivity (Wildman–Crippen MR) is 78.7 cm³/mol. The summed E-state index contributed by atoms with van der Waals surface area (Å²) in [7, 11) is 0. The molecule has 0 bridgehead atoms. The average molecular weight is 284 g/mol. The molecule has 1 fully saturated rings. The SMILES string of the molecule is CC[C@@]1(C(=O)O)[C@H](c2ccccc2F)[C@@H]1c1ccccc1. The maximum Gasteiger partial charge on any atom is 0.310 e. The van der Waals surface area contributed by atoms with E-state index in [1.54, 1.807) is 18.2 Å². The number of carboxylic acid groups (broad SMARTS) is 1. The van der Waals surface area contributed by atoms with Crippen molar-refractivity contribution in [3.8, 4) is 0 Å². The van der Waals surface area contributed by atoms with Crippen LogP contribution in [0.15, 0.2) is 54.6 Å². The van der Waals surface area contributed by atoms with Crippen molar-refractivity contribution in [2.45, 2.75) is 25.2 Å². The van der Waals surface area contributed by atoms with Crippen LogP contribution < -0.4 is 0 Å². The van der Waals surface area contributed by atoms with Crippen LogP contribution in [0, 0.1) is 11.2 Å². The molecule has 0 unspecified atom stereocenters. The summed E-state index contributed by atoms with van der Waals surface area (Å²) in [4.78, 5) is 11.9. The third-order valence-corrected chi connectivity index (χ3v) is 4.72. The molecule has 0 aliphatic heterocycles. The summed E-state index contributed by atoms with van der Waals surface area (Å²) < 4.78 is 14.1. The van der Waals surface area contributed by atoms with Crippen LogP contribution in [0.1, 0.15) is 36.3 Å². The molecule has 2 aromatic carbocycles. The molecule has 1 aliphatic carbocycles. The highest BCUT2D eigenvalue weighted by Gasteiger charge is 2.69. The van der Waals surface area contributed by atoms with E-state index in [1.807, 2.05) is 37.3 Å². The quantitative estimate of drug-likeness (QED) is 0.914. The molecule has 0 amide bonds. The van der Waals surface area contributed by atoms with Crippen LogP contribution in [-0.2, 0) is 4.79 Å². The summed E-state index contributed by atoms with van der Waals surface area (Å²) in [5.74, 6) is -1.63. The normalized spacial score (nSPS) is 27.3. The first kappa shape index (κ1) is 13.8. The van der Waals surface area contributed by atoms with Crippen LogP contribution in [-0.4, -0.2) is 11.1 Å². The van der Waals surface area contributed by atoms with E-state index in [2.05, 4.69) is 0 Å². The lowest BCUT2D eigenvalue weighted by Crippen LogP contribution is -2.17. The number of hydrogen-bond donors (Lipinski definition) is 1. The minimum atomic E-state index is -0.899. The standard InChI is InChI=1S/C18H17FO2/c1-2-18(17(20)21)15(12-8-4-3-5-9-12)16(18)13-10-6-7-11-14(13)19/h3-11,15-16H,2H2,1H3,(H,20,21)/t15-,16+,18-/m0/s1. The van der Waals surface area contributed by atoms with Gasteiger partial charge in [0.05, 0.1) is 5.41 Å². The van der Waals surface area contributed by atoms with Crippen molar-refractivity contribution in [2.75, 3.05) is 0 Å². The van der Waals surface area contributed by atoms with Gasteiger partial charge < -0.3 is 5.11 Å². The second kappa shape index (κ2) is 4.99. The van der Waals surface area contributed by atoms with Gasteiger partial charge in [-0.15, -0.1) is 0 Å². The van der Waals surface area contributed by atoms with Gasteiger partial charge in [-0.2, -0.15) is 0 Å². The van der Waals surface area contributed by atoms with Crippen LogP contribution in [0.4, 0.5) is 4.39 Å². The van der Waals surface area contributed by atoms with Gasteiger partial charge in [0, 0.05) is 11.8 Å². The molecule has 0 heterocycles. The molecule has 3 heteroatoms. The number of carboxylic acids is 1. The van der Waals surface area contributed by atoms with Gasteiger partial charge in [-0.25, -0.2) is 4.39 Å². The number of benzene rings is 2. The zero-order valence-corrected chi connectivity index (χ0v) is 11.8. The molecule has 1 saturated carbocycles. The van der Waals surface area contributed by atoms with Crippen LogP contribution in [0.25, 0.3) is 0 Å². The minimum Gasteiger partial charge on any atom is -0.481 e. The van der Waals surface area contributed by atoms with Crippen molar-refractivity contribution in [1.29, 1.82) is 0 Å². The first-order valence-corrected chi connectivity index (χ1v) is 7.15. The first-order chi connectivity index (χ1) is 10.1. The largest absolute Gasteiger partial charge is 0.481 e. The van der Waals surface area contributed by atoms with Gasteiger partial charge in [0.15, 0.2) is 0 Å². The monoisotopic (exact) mass is 284 g/mol. The number of rotatable bonds is 4. The number of carbonyl (C=O) groups is 1. The summed E-state index contributed by atoms with van der Waals surface area (Å²) in [5, 5.41) is 9.74. The molecule has 108 valence electrons. The topological polar surface area (TPSA) is 37.3 Å². The number of hydrogen-bond acceptors (Lipinski definition) is 1. The Morgan fingerprint density at radius 3 is 2.29 bits per heavy atom. The van der Waals surface area contributed by atoms with Gasteiger partial charge in [-0.3, -0.25) is 4.79 Å². The fourth-order valence-corrected chi connectivity index (χ4v) is 3.63. The lowest BCUT2D eigenvalue weighted by atomic mass is 9.94. The van der Waals surface area contributed by atoms with Crippen molar-refractivity contribution < 1.29 is 14.3 Å². The summed E-state index contributed by atoms with van der Waals surface area (Å²) >= 11 is 0. The van der Waals surface area contributed by atoms with Crippen molar-refractivity contribution in [1.82, 2.24) is 0 Å². The lowest BCUT2D eigenvalue weighted by molar-refractivity contribution is -0.143. The second-order valence-electron chi connectivity index (χ2n) is 5.59. The van der Waals surface area contributed by atoms with Crippen LogP contribution >= 0.6 is 0 Å². The predicted octanol–water partition coefficient (Wildman–Crippen LogP) is 4.19. The van der Waals surface area contributed by atoms with Gasteiger partial charge in [0.2, 0.25) is 0 Å². The summed E-state index contributed by atoms with van der Waals surface area (Å²) in [6.45, 7) is 1.87. The van der Waals surface area contributed by atoms with Gasteiger partial charge >= 0.3 is 5.97 Å². The second-order valence-corrected chi connectivity index (χ2v) is 5.59. The number of halogens is 1. The molecular weight excluding hydrogens is 267 g/mol. The zero-order chi connectivity index (χ0) is 15.0. The van der Waals surface area contributed by atoms with Crippen LogP contribution in [0.3, 0.4) is 0 Å². The van der Waals surface area contributed by atoms with Gasteiger partial charge in [-0.05, 0) is 23.6 Å². The van der Waals surface area contributed by atoms with Gasteiger partial charge in [0.25, 0.3) is 0 Å². The van der Waals surface area contributed by atoms with Crippen molar-refractivity contribution in [2.24, 2.45) is 5.41 Å². The van der Waals surface area contributed by atoms with Gasteiger partial charge in [0.1, 0.15) is 5.82 Å². The highest BCUT2D eigenvalue weighted by Crippen LogP contribution is 2.72. The fourth-order valence-electron chi connectivity index (χ4n) is 3.63. The average Bonchev–Trinajstić information content (AvgIpc) is 3.19. The summed E-state index contributed by atoms with van der Waals surface area (Å²) in [6.07, 6.45) is 0.487. The Balaban J connectivity index is 2.10. The van der Waals surface area contributed by atoms with E-state index in [9.17, 15) is 14.3 Å². The Hall–Kier alpha value is -2.16. The van der Waals surface area contributed by atoms with E-state index in [0.717, 1.165) is 5.56 Å². The van der Waals surface area contributed by atoms with E-state index in [0.29, 0.717) is 12.0 Å². The molecular formula is C18H17FO2. The molecule has 3 rings (SSSR count). The molecule has 3 atom stereocenters. The summed E-state index contributed by atoms with van der Waals surface area (Å²) in [5.41, 5.74) is 0.578. The van der Waals surface area contributed by atoms with E-state index < -0.39 is 11.4 Å². The molecule has 1 aliphatic rings. The molecule has 0 aromatic heterocycles. The van der Waals surface area contributed by atoms with Crippen molar-refractivity contribution in [3.05, 3.63) is 71.5 Å². The molecule has 0 spiro atoms. The Bertz CT molecular complexity index is 668. The molecule has 0 radical (unpaired) electrons. The smallest absolute Gasteiger partial charge is 0.310 e. The molecule has 2 nitrogen and oxygen atoms in total. The third kappa shape index (κ3) is 1.96. The van der Waals surface area contributed by atoms with E-state index in [1.165, 1.54) is 6.07 Å². The highest BCUT2D eigenvalue weighted by molar-refractivity contribution is 5.84. The van der Waals surface area contributed by atoms with Crippen molar-refractivity contribution in [3.63, 3.8) is 0 Å². The summed E-state index contributed by atoms with van der Waals surface area (Å²) in [6, 6.07) is 16.1. The minimum absolute atomic E-state index is 0.168. The Kier molecular flexibility index (Phi) is 3.28. The Morgan fingerprint density at radius 2 is 1.71 bits per heavy atom. The highest BCUT2D eigenvalue weighted by atomic mass is 19.1. The van der Waals surface area contributed by atoms with Crippen molar-refractivity contribution >= 4 is 5.97 Å². The Labute approximate surface area is 123 Å². The maximum absolute atomic E-state index is 14.1.